The highest BCUT2D eigenvalue weighted by Crippen LogP contribution is 2.63. The maximum absolute atomic E-state index is 7.80. The van der Waals surface area contributed by atoms with Crippen LogP contribution < -0.4 is 36.2 Å². The molecule has 484 valence electrons. The summed E-state index contributed by atoms with van der Waals surface area (Å²) in [5.41, 5.74) is 30.2. The number of nitrogens with zero attached hydrogens (tertiary/aromatic N) is 2. The average Bonchev–Trinajstić information content (AvgIpc) is 0.945. The topological polar surface area (TPSA) is 27.7 Å². The molecule has 0 radical (unpaired) electrons. The van der Waals surface area contributed by atoms with Crippen LogP contribution in [0, 0.1) is 17.8 Å². The minimum Gasteiger partial charge on any atom is -0.458 e. The molecular formula is C93H88BN3O. The van der Waals surface area contributed by atoms with E-state index in [2.05, 4.69) is 324 Å². The van der Waals surface area contributed by atoms with Crippen LogP contribution >= 0.6 is 0 Å². The highest BCUT2D eigenvalue weighted by Gasteiger charge is 2.51. The number of hydrogen-bond acceptors (Lipinski definition) is 4. The number of anilines is 6. The number of hydrogen-bond donors (Lipinski definition) is 1. The van der Waals surface area contributed by atoms with E-state index in [0.717, 1.165) is 90.3 Å². The van der Waals surface area contributed by atoms with Crippen LogP contribution in [-0.4, -0.2) is 12.8 Å². The quantitative estimate of drug-likeness (QED) is 0.123. The van der Waals surface area contributed by atoms with E-state index in [1.807, 2.05) is 0 Å². The Morgan fingerprint density at radius 3 is 1.88 bits per heavy atom. The molecule has 1 fully saturated rings. The first kappa shape index (κ1) is 61.7. The Balaban J connectivity index is 0.991. The normalized spacial score (nSPS) is 20.6. The third-order valence-corrected chi connectivity index (χ3v) is 22.7. The van der Waals surface area contributed by atoms with Gasteiger partial charge in [0.15, 0.2) is 0 Å². The minimum atomic E-state index is -0.164. The van der Waals surface area contributed by atoms with Crippen LogP contribution in [0.3, 0.4) is 0 Å². The molecule has 98 heavy (non-hydrogen) atoms. The molecule has 17 rings (SSSR count). The van der Waals surface area contributed by atoms with Gasteiger partial charge in [-0.1, -0.05) is 266 Å². The summed E-state index contributed by atoms with van der Waals surface area (Å²) in [4.78, 5) is 5.29. The van der Waals surface area contributed by atoms with Gasteiger partial charge in [-0.2, -0.15) is 0 Å². The predicted molar refractivity (Wildman–Crippen MR) is 415 cm³/mol. The van der Waals surface area contributed by atoms with E-state index in [-0.39, 0.29) is 35.4 Å². The zero-order chi connectivity index (χ0) is 66.2. The minimum absolute atomic E-state index is 0.0311. The number of rotatable bonds is 12. The van der Waals surface area contributed by atoms with Crippen LogP contribution in [0.2, 0.25) is 0 Å². The first-order valence-electron chi connectivity index (χ1n) is 36.4. The Kier molecular flexibility index (Phi) is 15.9. The molecule has 6 aliphatic carbocycles. The summed E-state index contributed by atoms with van der Waals surface area (Å²) in [6.45, 7) is 13.7. The van der Waals surface area contributed by atoms with E-state index in [1.54, 1.807) is 5.57 Å². The molecular weight excluding hydrogens is 1190 g/mol. The fraction of sp³-hybridized carbons (Fsp3) is 0.247. The standard InChI is InChI=1S/C93H88BN3O/c1-92(2,3)67-47-51-70(52-48-67)96(71-53-49-68(50-54-71)93(4,5)6)72-59-84-89-86(60-72)98-85-58-66(62-29-14-8-15-30-62)46-56-82(85)94(89)81-55-45-65(61-27-12-7-13-28-61)57-83(81)97(84)91-79(77-41-25-40-76-74-37-22-23-38-75(74)87(88(76)77)64-33-18-10-19-34-64)43-26-44-80(91)78-42-24-39-73(63-31-16-9-17-32-63)90(78)95-69-35-20-11-21-36-69/h7-8,10-15,18-23,26-31,33-35,38-39,41,43-60,69,74,76,87-88,95H,9,16-17,24-25,32,36-37,40,42H2,1-6H3. The van der Waals surface area contributed by atoms with Crippen LogP contribution in [-0.2, 0) is 10.8 Å². The second kappa shape index (κ2) is 25.2. The molecule has 0 bridgehead atoms. The lowest BCUT2D eigenvalue weighted by molar-refractivity contribution is 0.332. The summed E-state index contributed by atoms with van der Waals surface area (Å²) in [6, 6.07) is 79.2. The predicted octanol–water partition coefficient (Wildman–Crippen LogP) is 22.6. The Labute approximate surface area is 582 Å². The van der Waals surface area contributed by atoms with E-state index in [9.17, 15) is 0 Å². The fourth-order valence-corrected chi connectivity index (χ4v) is 17.9. The summed E-state index contributed by atoms with van der Waals surface area (Å²) >= 11 is 0. The van der Waals surface area contributed by atoms with Gasteiger partial charge < -0.3 is 19.9 Å². The molecule has 5 unspecified atom stereocenters. The average molecular weight is 1270 g/mol. The number of ether oxygens (including phenoxy) is 1. The molecule has 2 aliphatic heterocycles. The highest BCUT2D eigenvalue weighted by atomic mass is 16.5. The summed E-state index contributed by atoms with van der Waals surface area (Å²) in [6.07, 6.45) is 35.0. The SMILES string of the molecule is CC(C)(C)c1ccc(N(c2ccc(C(C)(C)C)cc2)c2cc3c4c(c2)N(c2c(C5=CCCC6C7CC=CC=C7C(c7ccccc7)C56)cccc2C2=C(NC5C=CC=CC5)C(C5=CCCCC5)=CCC2)c2cc(-c5ccccc5)ccc2B4c2ccc(-c4ccccc4)cc2O3)cc1. The van der Waals surface area contributed by atoms with Crippen LogP contribution in [0.1, 0.15) is 139 Å². The lowest BCUT2D eigenvalue weighted by Crippen LogP contribution is -2.59. The lowest BCUT2D eigenvalue weighted by Gasteiger charge is -2.43. The molecule has 0 aromatic heterocycles. The van der Waals surface area contributed by atoms with Crippen molar-refractivity contribution in [2.45, 2.75) is 129 Å². The van der Waals surface area contributed by atoms with E-state index in [4.69, 9.17) is 4.74 Å². The van der Waals surface area contributed by atoms with Gasteiger partial charge in [-0.15, -0.1) is 0 Å². The van der Waals surface area contributed by atoms with Gasteiger partial charge in [0.25, 0.3) is 6.71 Å². The number of para-hydroxylation sites is 1. The molecule has 5 heteroatoms. The van der Waals surface area contributed by atoms with Crippen molar-refractivity contribution in [2.24, 2.45) is 17.8 Å². The van der Waals surface area contributed by atoms with Crippen molar-refractivity contribution in [1.82, 2.24) is 5.32 Å². The van der Waals surface area contributed by atoms with Gasteiger partial charge in [-0.25, -0.2) is 0 Å². The zero-order valence-electron chi connectivity index (χ0n) is 57.7. The maximum atomic E-state index is 7.80. The molecule has 2 heterocycles. The largest absolute Gasteiger partial charge is 0.458 e. The summed E-state index contributed by atoms with van der Waals surface area (Å²) in [7, 11) is 0. The second-order valence-electron chi connectivity index (χ2n) is 30.7. The van der Waals surface area contributed by atoms with Crippen molar-refractivity contribution in [1.29, 1.82) is 0 Å². The summed E-state index contributed by atoms with van der Waals surface area (Å²) < 4.78 is 7.80. The van der Waals surface area contributed by atoms with Gasteiger partial charge in [0.1, 0.15) is 11.5 Å². The molecule has 9 aromatic carbocycles. The highest BCUT2D eigenvalue weighted by molar-refractivity contribution is 6.99. The van der Waals surface area contributed by atoms with E-state index in [0.29, 0.717) is 11.8 Å². The van der Waals surface area contributed by atoms with Gasteiger partial charge in [0, 0.05) is 57.6 Å². The Morgan fingerprint density at radius 2 is 1.20 bits per heavy atom. The summed E-state index contributed by atoms with van der Waals surface area (Å²) in [5, 5.41) is 4.36. The van der Waals surface area contributed by atoms with Crippen LogP contribution in [0.5, 0.6) is 11.5 Å². The number of allylic oxidation sites excluding steroid dienone is 12. The Hall–Kier alpha value is -9.84. The molecule has 0 amide bonds. The summed E-state index contributed by atoms with van der Waals surface area (Å²) in [5.74, 6) is 3.20. The van der Waals surface area contributed by atoms with Crippen LogP contribution in [0.15, 0.2) is 289 Å². The third-order valence-electron chi connectivity index (χ3n) is 22.7. The van der Waals surface area contributed by atoms with Crippen molar-refractivity contribution in [2.75, 3.05) is 9.80 Å². The van der Waals surface area contributed by atoms with Crippen LogP contribution in [0.25, 0.3) is 33.4 Å². The van der Waals surface area contributed by atoms with E-state index < -0.39 is 0 Å². The van der Waals surface area contributed by atoms with Gasteiger partial charge >= 0.3 is 0 Å². The van der Waals surface area contributed by atoms with Crippen molar-refractivity contribution < 1.29 is 4.74 Å². The second-order valence-corrected chi connectivity index (χ2v) is 30.7. The van der Waals surface area contributed by atoms with E-state index >= 15 is 0 Å². The van der Waals surface area contributed by atoms with Crippen molar-refractivity contribution >= 4 is 68.4 Å². The fourth-order valence-electron chi connectivity index (χ4n) is 17.9. The van der Waals surface area contributed by atoms with Crippen LogP contribution in [0.4, 0.5) is 34.1 Å². The molecule has 8 aliphatic rings. The van der Waals surface area contributed by atoms with Gasteiger partial charge in [-0.05, 0) is 213 Å². The molecule has 5 atom stereocenters. The first-order valence-corrected chi connectivity index (χ1v) is 36.4. The molecule has 1 saturated carbocycles. The molecule has 1 N–H and O–H groups in total. The van der Waals surface area contributed by atoms with Crippen molar-refractivity contribution in [3.8, 4) is 33.8 Å². The van der Waals surface area contributed by atoms with E-state index in [1.165, 1.54) is 114 Å². The number of fused-ring (bicyclic) bond motifs is 7. The monoisotopic (exact) mass is 1270 g/mol. The first-order chi connectivity index (χ1) is 47.9. The van der Waals surface area contributed by atoms with Gasteiger partial charge in [0.05, 0.1) is 11.4 Å². The van der Waals surface area contributed by atoms with Gasteiger partial charge in [0.2, 0.25) is 0 Å². The molecule has 4 nitrogen and oxygen atoms in total. The molecule has 9 aromatic rings. The maximum Gasteiger partial charge on any atom is 0.256 e. The molecule has 0 saturated heterocycles. The third kappa shape index (κ3) is 11.1. The number of nitrogens with one attached hydrogen (secondary N) is 1. The molecule has 0 spiro atoms. The zero-order valence-corrected chi connectivity index (χ0v) is 57.7. The van der Waals surface area contributed by atoms with Crippen molar-refractivity contribution in [3.63, 3.8) is 0 Å². The van der Waals surface area contributed by atoms with Gasteiger partial charge in [-0.3, -0.25) is 0 Å². The number of benzene rings is 9. The Morgan fingerprint density at radius 1 is 0.531 bits per heavy atom. The smallest absolute Gasteiger partial charge is 0.256 e. The lowest BCUT2D eigenvalue weighted by atomic mass is 9.34. The Bertz CT molecular complexity index is 4780. The van der Waals surface area contributed by atoms with Crippen molar-refractivity contribution in [3.05, 3.63) is 317 Å².